The second kappa shape index (κ2) is 4.53. The first-order chi connectivity index (χ1) is 8.25. The van der Waals surface area contributed by atoms with Crippen LogP contribution in [0.1, 0.15) is 15.9 Å². The third-order valence-electron chi connectivity index (χ3n) is 2.61. The van der Waals surface area contributed by atoms with Crippen LogP contribution in [0, 0.1) is 0 Å². The van der Waals surface area contributed by atoms with Gasteiger partial charge in [0.25, 0.3) is 0 Å². The maximum atomic E-state index is 10.4. The molecule has 3 aromatic rings. The Kier molecular flexibility index (Phi) is 3.04. The molecule has 0 aliphatic carbocycles. The summed E-state index contributed by atoms with van der Waals surface area (Å²) in [6, 6.07) is 12.2. The summed E-state index contributed by atoms with van der Waals surface area (Å²) in [6.07, 6.45) is -0.526. The van der Waals surface area contributed by atoms with Crippen LogP contribution in [0.4, 0.5) is 0 Å². The molecule has 1 aromatic carbocycles. The fourth-order valence-electron chi connectivity index (χ4n) is 1.77. The van der Waals surface area contributed by atoms with Gasteiger partial charge >= 0.3 is 0 Å². The average molecular weight is 325 g/mol. The second-order valence-corrected chi connectivity index (χ2v) is 6.64. The van der Waals surface area contributed by atoms with Crippen molar-refractivity contribution in [3.8, 4) is 0 Å². The number of hydrogen-bond acceptors (Lipinski definition) is 3. The molecule has 0 radical (unpaired) electrons. The summed E-state index contributed by atoms with van der Waals surface area (Å²) in [5, 5.41) is 13.5. The van der Waals surface area contributed by atoms with Crippen LogP contribution >= 0.6 is 38.6 Å². The van der Waals surface area contributed by atoms with E-state index >= 15 is 0 Å². The summed E-state index contributed by atoms with van der Waals surface area (Å²) in [7, 11) is 0. The third-order valence-corrected chi connectivity index (χ3v) is 5.70. The van der Waals surface area contributed by atoms with E-state index in [9.17, 15) is 5.11 Å². The van der Waals surface area contributed by atoms with Gasteiger partial charge in [-0.25, -0.2) is 0 Å². The normalized spacial score (nSPS) is 13.1. The van der Waals surface area contributed by atoms with E-state index in [-0.39, 0.29) is 0 Å². The van der Waals surface area contributed by atoms with E-state index in [1.807, 2.05) is 23.6 Å². The van der Waals surface area contributed by atoms with Gasteiger partial charge in [-0.15, -0.1) is 22.7 Å². The van der Waals surface area contributed by atoms with Crippen molar-refractivity contribution < 1.29 is 5.11 Å². The molecule has 1 atom stereocenters. The number of hydrogen-bond donors (Lipinski definition) is 1. The zero-order chi connectivity index (χ0) is 11.8. The van der Waals surface area contributed by atoms with Crippen molar-refractivity contribution >= 4 is 48.7 Å². The van der Waals surface area contributed by atoms with Crippen molar-refractivity contribution in [3.63, 3.8) is 0 Å². The minimum Gasteiger partial charge on any atom is -0.382 e. The summed E-state index contributed by atoms with van der Waals surface area (Å²) in [4.78, 5) is 1.96. The van der Waals surface area contributed by atoms with Gasteiger partial charge in [-0.05, 0) is 44.9 Å². The molecule has 17 heavy (non-hydrogen) atoms. The highest BCUT2D eigenvalue weighted by Crippen LogP contribution is 2.37. The third kappa shape index (κ3) is 2.06. The lowest BCUT2D eigenvalue weighted by atomic mass is 10.2. The zero-order valence-electron chi connectivity index (χ0n) is 8.76. The molecule has 1 unspecified atom stereocenters. The van der Waals surface area contributed by atoms with Gasteiger partial charge < -0.3 is 5.11 Å². The summed E-state index contributed by atoms with van der Waals surface area (Å²) in [6.45, 7) is 0. The Labute approximate surface area is 115 Å². The van der Waals surface area contributed by atoms with Gasteiger partial charge in [0.1, 0.15) is 6.10 Å². The molecule has 0 spiro atoms. The minimum absolute atomic E-state index is 0.526. The number of thiophene rings is 2. The van der Waals surface area contributed by atoms with Gasteiger partial charge in [0, 0.05) is 14.0 Å². The fourth-order valence-corrected chi connectivity index (χ4v) is 4.49. The smallest absolute Gasteiger partial charge is 0.123 e. The van der Waals surface area contributed by atoms with Crippen LogP contribution < -0.4 is 0 Å². The van der Waals surface area contributed by atoms with Crippen LogP contribution in [0.2, 0.25) is 0 Å². The highest BCUT2D eigenvalue weighted by atomic mass is 79.9. The monoisotopic (exact) mass is 324 g/mol. The highest BCUT2D eigenvalue weighted by molar-refractivity contribution is 9.10. The quantitative estimate of drug-likeness (QED) is 0.717. The molecule has 3 rings (SSSR count). The second-order valence-electron chi connectivity index (χ2n) is 3.72. The number of halogens is 1. The Morgan fingerprint density at radius 3 is 2.71 bits per heavy atom. The summed E-state index contributed by atoms with van der Waals surface area (Å²) >= 11 is 6.68. The lowest BCUT2D eigenvalue weighted by Gasteiger charge is -2.06. The molecule has 2 aromatic heterocycles. The van der Waals surface area contributed by atoms with Gasteiger partial charge in [-0.1, -0.05) is 18.2 Å². The van der Waals surface area contributed by atoms with E-state index in [0.29, 0.717) is 0 Å². The summed E-state index contributed by atoms with van der Waals surface area (Å²) < 4.78 is 2.20. The SMILES string of the molecule is OC(c1cc2ccccc2s1)c1sccc1Br. The van der Waals surface area contributed by atoms with Gasteiger partial charge in [0.2, 0.25) is 0 Å². The first-order valence-corrected chi connectivity index (χ1v) is 7.64. The average Bonchev–Trinajstić information content (AvgIpc) is 2.93. The Morgan fingerprint density at radius 1 is 1.18 bits per heavy atom. The van der Waals surface area contributed by atoms with Gasteiger partial charge in [-0.3, -0.25) is 0 Å². The Hall–Kier alpha value is -0.680. The molecular weight excluding hydrogens is 316 g/mol. The molecule has 1 nitrogen and oxygen atoms in total. The van der Waals surface area contributed by atoms with Crippen LogP contribution in [0.15, 0.2) is 46.3 Å². The number of aliphatic hydroxyl groups excluding tert-OH is 1. The molecule has 0 bridgehead atoms. The minimum atomic E-state index is -0.526. The summed E-state index contributed by atoms with van der Waals surface area (Å²) in [5.41, 5.74) is 0. The molecule has 0 aliphatic rings. The maximum Gasteiger partial charge on any atom is 0.123 e. The molecule has 86 valence electrons. The van der Waals surface area contributed by atoms with Crippen molar-refractivity contribution in [2.24, 2.45) is 0 Å². The van der Waals surface area contributed by atoms with E-state index in [1.165, 1.54) is 10.1 Å². The van der Waals surface area contributed by atoms with Crippen LogP contribution in [0.3, 0.4) is 0 Å². The molecule has 0 amide bonds. The van der Waals surface area contributed by atoms with E-state index in [1.54, 1.807) is 22.7 Å². The standard InChI is InChI=1S/C13H9BrOS2/c14-9-5-6-16-13(9)12(15)11-7-8-3-1-2-4-10(8)17-11/h1-7,12,15H. The Morgan fingerprint density at radius 2 is 2.00 bits per heavy atom. The van der Waals surface area contributed by atoms with Gasteiger partial charge in [0.05, 0.1) is 4.88 Å². The summed E-state index contributed by atoms with van der Waals surface area (Å²) in [5.74, 6) is 0. The molecule has 1 N–H and O–H groups in total. The predicted octanol–water partition coefficient (Wildman–Crippen LogP) is 4.81. The highest BCUT2D eigenvalue weighted by Gasteiger charge is 2.17. The van der Waals surface area contributed by atoms with Crippen LogP contribution in [0.25, 0.3) is 10.1 Å². The molecule has 2 heterocycles. The molecule has 0 saturated carbocycles. The van der Waals surface area contributed by atoms with E-state index in [4.69, 9.17) is 0 Å². The number of benzene rings is 1. The Balaban J connectivity index is 2.07. The van der Waals surface area contributed by atoms with E-state index in [2.05, 4.69) is 34.1 Å². The van der Waals surface area contributed by atoms with Crippen LogP contribution in [-0.2, 0) is 0 Å². The first-order valence-electron chi connectivity index (χ1n) is 5.15. The Bertz CT molecular complexity index is 623. The number of aliphatic hydroxyl groups is 1. The van der Waals surface area contributed by atoms with E-state index < -0.39 is 6.10 Å². The maximum absolute atomic E-state index is 10.4. The van der Waals surface area contributed by atoms with Crippen LogP contribution in [-0.4, -0.2) is 5.11 Å². The van der Waals surface area contributed by atoms with Gasteiger partial charge in [0.15, 0.2) is 0 Å². The fraction of sp³-hybridized carbons (Fsp3) is 0.0769. The van der Waals surface area contributed by atoms with Gasteiger partial charge in [-0.2, -0.15) is 0 Å². The van der Waals surface area contributed by atoms with Crippen molar-refractivity contribution in [2.75, 3.05) is 0 Å². The van der Waals surface area contributed by atoms with Crippen molar-refractivity contribution in [1.82, 2.24) is 0 Å². The topological polar surface area (TPSA) is 20.2 Å². The molecule has 4 heteroatoms. The predicted molar refractivity (Wildman–Crippen MR) is 77.9 cm³/mol. The zero-order valence-corrected chi connectivity index (χ0v) is 12.0. The number of rotatable bonds is 2. The largest absolute Gasteiger partial charge is 0.382 e. The van der Waals surface area contributed by atoms with Crippen molar-refractivity contribution in [2.45, 2.75) is 6.10 Å². The lowest BCUT2D eigenvalue weighted by Crippen LogP contribution is -1.93. The van der Waals surface area contributed by atoms with E-state index in [0.717, 1.165) is 14.2 Å². The molecule has 0 fully saturated rings. The lowest BCUT2D eigenvalue weighted by molar-refractivity contribution is 0.227. The molecular formula is C13H9BrOS2. The number of fused-ring (bicyclic) bond motifs is 1. The molecule has 0 aliphatic heterocycles. The van der Waals surface area contributed by atoms with Crippen LogP contribution in [0.5, 0.6) is 0 Å². The first kappa shape index (κ1) is 11.4. The van der Waals surface area contributed by atoms with Crippen molar-refractivity contribution in [3.05, 3.63) is 56.0 Å². The molecule has 0 saturated heterocycles. The van der Waals surface area contributed by atoms with Crippen molar-refractivity contribution in [1.29, 1.82) is 0 Å².